The molecule has 0 atom stereocenters. The highest BCUT2D eigenvalue weighted by atomic mass is 16.5. The number of fused-ring (bicyclic) bond motifs is 1. The van der Waals surface area contributed by atoms with Crippen molar-refractivity contribution in [3.8, 4) is 5.75 Å². The number of hydrogen-bond donors (Lipinski definition) is 1. The van der Waals surface area contributed by atoms with Gasteiger partial charge in [0.15, 0.2) is 17.1 Å². The molecule has 1 aromatic heterocycles. The number of rotatable bonds is 4. The molecule has 1 aromatic carbocycles. The van der Waals surface area contributed by atoms with Gasteiger partial charge in [0.25, 0.3) is 0 Å². The molecular formula is C15H16N2O3. The molecule has 0 aliphatic heterocycles. The largest absolute Gasteiger partial charge is 0.493 e. The molecule has 0 unspecified atom stereocenters. The molecule has 5 nitrogen and oxygen atoms in total. The van der Waals surface area contributed by atoms with Crippen LogP contribution in [0.3, 0.4) is 0 Å². The summed E-state index contributed by atoms with van der Waals surface area (Å²) in [4.78, 5) is 11.5. The van der Waals surface area contributed by atoms with E-state index in [2.05, 4.69) is 10.5 Å². The molecule has 5 heteroatoms. The lowest BCUT2D eigenvalue weighted by atomic mass is 10.2. The van der Waals surface area contributed by atoms with Gasteiger partial charge in [0.1, 0.15) is 5.71 Å². The van der Waals surface area contributed by atoms with Crippen LogP contribution in [0.1, 0.15) is 25.5 Å². The summed E-state index contributed by atoms with van der Waals surface area (Å²) in [6.45, 7) is 1.80. The first kappa shape index (κ1) is 12.7. The van der Waals surface area contributed by atoms with Gasteiger partial charge in [0.2, 0.25) is 5.91 Å². The van der Waals surface area contributed by atoms with Gasteiger partial charge >= 0.3 is 0 Å². The van der Waals surface area contributed by atoms with Crippen molar-refractivity contribution in [3.05, 3.63) is 30.0 Å². The van der Waals surface area contributed by atoms with Crippen molar-refractivity contribution in [1.82, 2.24) is 5.43 Å². The molecule has 1 heterocycles. The number of nitrogens with zero attached hydrogens (tertiary/aromatic N) is 1. The minimum atomic E-state index is -0.0157. The van der Waals surface area contributed by atoms with E-state index in [9.17, 15) is 4.79 Å². The van der Waals surface area contributed by atoms with Crippen molar-refractivity contribution >= 4 is 22.6 Å². The first-order valence-corrected chi connectivity index (χ1v) is 6.60. The lowest BCUT2D eigenvalue weighted by Crippen LogP contribution is -2.20. The van der Waals surface area contributed by atoms with E-state index in [1.807, 2.05) is 24.3 Å². The molecule has 20 heavy (non-hydrogen) atoms. The minimum absolute atomic E-state index is 0.0157. The number of hydrogen-bond acceptors (Lipinski definition) is 4. The van der Waals surface area contributed by atoms with E-state index in [0.29, 0.717) is 22.8 Å². The number of hydrazone groups is 1. The van der Waals surface area contributed by atoms with Gasteiger partial charge in [-0.2, -0.15) is 5.10 Å². The number of nitrogens with one attached hydrogen (secondary N) is 1. The number of furan rings is 1. The standard InChI is InChI=1S/C15H16N2O3/c1-9(16-17-15(18)10-6-7-10)13-8-11-4-3-5-12(19-2)14(11)20-13/h3-5,8,10H,6-7H2,1-2H3,(H,17,18). The van der Waals surface area contributed by atoms with Crippen LogP contribution in [0.4, 0.5) is 0 Å². The summed E-state index contributed by atoms with van der Waals surface area (Å²) < 4.78 is 11.0. The summed E-state index contributed by atoms with van der Waals surface area (Å²) in [6, 6.07) is 7.58. The van der Waals surface area contributed by atoms with Crippen molar-refractivity contribution in [2.45, 2.75) is 19.8 Å². The number of methoxy groups -OCH3 is 1. The van der Waals surface area contributed by atoms with Gasteiger partial charge in [0.05, 0.1) is 7.11 Å². The first-order chi connectivity index (χ1) is 9.69. The SMILES string of the molecule is COc1cccc2cc(C(C)=NNC(=O)C3CC3)oc12. The number of para-hydroxylation sites is 1. The minimum Gasteiger partial charge on any atom is -0.493 e. The molecule has 0 saturated heterocycles. The third-order valence-corrected chi connectivity index (χ3v) is 3.37. The Hall–Kier alpha value is -2.30. The van der Waals surface area contributed by atoms with E-state index < -0.39 is 0 Å². The van der Waals surface area contributed by atoms with Gasteiger partial charge in [-0.25, -0.2) is 5.43 Å². The van der Waals surface area contributed by atoms with Crippen LogP contribution in [-0.4, -0.2) is 18.7 Å². The topological polar surface area (TPSA) is 63.8 Å². The van der Waals surface area contributed by atoms with Gasteiger partial charge < -0.3 is 9.15 Å². The maximum Gasteiger partial charge on any atom is 0.243 e. The summed E-state index contributed by atoms with van der Waals surface area (Å²) in [5.74, 6) is 1.43. The van der Waals surface area contributed by atoms with Crippen molar-refractivity contribution in [1.29, 1.82) is 0 Å². The summed E-state index contributed by atoms with van der Waals surface area (Å²) in [5.41, 5.74) is 3.90. The number of ether oxygens (including phenoxy) is 1. The zero-order chi connectivity index (χ0) is 14.1. The Morgan fingerprint density at radius 3 is 2.95 bits per heavy atom. The van der Waals surface area contributed by atoms with Crippen molar-refractivity contribution in [2.75, 3.05) is 7.11 Å². The number of amides is 1. The highest BCUT2D eigenvalue weighted by Crippen LogP contribution is 2.29. The molecular weight excluding hydrogens is 256 g/mol. The van der Waals surface area contributed by atoms with E-state index in [1.54, 1.807) is 14.0 Å². The fourth-order valence-corrected chi connectivity index (χ4v) is 2.01. The molecule has 1 aliphatic rings. The summed E-state index contributed by atoms with van der Waals surface area (Å²) in [5, 5.41) is 5.04. The fourth-order valence-electron chi connectivity index (χ4n) is 2.01. The van der Waals surface area contributed by atoms with Crippen LogP contribution in [0.15, 0.2) is 33.8 Å². The van der Waals surface area contributed by atoms with Crippen LogP contribution in [0, 0.1) is 5.92 Å². The van der Waals surface area contributed by atoms with E-state index in [4.69, 9.17) is 9.15 Å². The Morgan fingerprint density at radius 1 is 1.45 bits per heavy atom. The molecule has 2 aromatic rings. The van der Waals surface area contributed by atoms with Gasteiger partial charge in [-0.1, -0.05) is 12.1 Å². The molecule has 104 valence electrons. The van der Waals surface area contributed by atoms with E-state index in [0.717, 1.165) is 18.2 Å². The van der Waals surface area contributed by atoms with E-state index in [-0.39, 0.29) is 11.8 Å². The van der Waals surface area contributed by atoms with Crippen molar-refractivity contribution in [3.63, 3.8) is 0 Å². The van der Waals surface area contributed by atoms with Crippen LogP contribution in [0.5, 0.6) is 5.75 Å². The van der Waals surface area contributed by atoms with Crippen LogP contribution in [-0.2, 0) is 4.79 Å². The second kappa shape index (κ2) is 5.00. The average molecular weight is 272 g/mol. The molecule has 3 rings (SSSR count). The van der Waals surface area contributed by atoms with Crippen molar-refractivity contribution < 1.29 is 13.9 Å². The van der Waals surface area contributed by atoms with Gasteiger partial charge in [-0.15, -0.1) is 0 Å². The quantitative estimate of drug-likeness (QED) is 0.687. The van der Waals surface area contributed by atoms with Crippen LogP contribution < -0.4 is 10.2 Å². The second-order valence-corrected chi connectivity index (χ2v) is 4.94. The summed E-state index contributed by atoms with van der Waals surface area (Å²) in [7, 11) is 1.60. The molecule has 1 saturated carbocycles. The maximum absolute atomic E-state index is 11.5. The molecule has 1 aliphatic carbocycles. The van der Waals surface area contributed by atoms with Crippen LogP contribution >= 0.6 is 0 Å². The molecule has 1 amide bonds. The second-order valence-electron chi connectivity index (χ2n) is 4.94. The summed E-state index contributed by atoms with van der Waals surface area (Å²) >= 11 is 0. The molecule has 1 fully saturated rings. The van der Waals surface area contributed by atoms with Gasteiger partial charge in [-0.05, 0) is 31.9 Å². The lowest BCUT2D eigenvalue weighted by molar-refractivity contribution is -0.122. The van der Waals surface area contributed by atoms with Crippen LogP contribution in [0.25, 0.3) is 11.0 Å². The Morgan fingerprint density at radius 2 is 2.25 bits per heavy atom. The average Bonchev–Trinajstić information content (AvgIpc) is 3.22. The number of carbonyl (C=O) groups is 1. The first-order valence-electron chi connectivity index (χ1n) is 6.60. The predicted molar refractivity (Wildman–Crippen MR) is 75.8 cm³/mol. The smallest absolute Gasteiger partial charge is 0.243 e. The Bertz CT molecular complexity index is 683. The molecule has 0 spiro atoms. The molecule has 0 radical (unpaired) electrons. The van der Waals surface area contributed by atoms with E-state index in [1.165, 1.54) is 0 Å². The number of benzene rings is 1. The maximum atomic E-state index is 11.5. The molecule has 0 bridgehead atoms. The lowest BCUT2D eigenvalue weighted by Gasteiger charge is -1.99. The zero-order valence-corrected chi connectivity index (χ0v) is 11.5. The fraction of sp³-hybridized carbons (Fsp3) is 0.333. The third-order valence-electron chi connectivity index (χ3n) is 3.37. The Labute approximate surface area is 116 Å². The Kier molecular flexibility index (Phi) is 3.18. The Balaban J connectivity index is 1.85. The van der Waals surface area contributed by atoms with Gasteiger partial charge in [0, 0.05) is 11.3 Å². The zero-order valence-electron chi connectivity index (χ0n) is 11.5. The highest BCUT2D eigenvalue weighted by Gasteiger charge is 2.29. The monoisotopic (exact) mass is 272 g/mol. The third kappa shape index (κ3) is 2.39. The predicted octanol–water partition coefficient (Wildman–Crippen LogP) is 2.69. The van der Waals surface area contributed by atoms with Crippen LogP contribution in [0.2, 0.25) is 0 Å². The highest BCUT2D eigenvalue weighted by molar-refractivity contribution is 6.01. The van der Waals surface area contributed by atoms with E-state index >= 15 is 0 Å². The summed E-state index contributed by atoms with van der Waals surface area (Å²) in [6.07, 6.45) is 1.92. The number of carbonyl (C=O) groups excluding carboxylic acids is 1. The van der Waals surface area contributed by atoms with Gasteiger partial charge in [-0.3, -0.25) is 4.79 Å². The van der Waals surface area contributed by atoms with Crippen molar-refractivity contribution in [2.24, 2.45) is 11.0 Å². The molecule has 1 N–H and O–H groups in total. The normalized spacial score (nSPS) is 15.4.